The third-order valence-electron chi connectivity index (χ3n) is 7.14. The summed E-state index contributed by atoms with van der Waals surface area (Å²) >= 11 is 0. The molecule has 0 bridgehead atoms. The minimum absolute atomic E-state index is 0.0378. The van der Waals surface area contributed by atoms with Gasteiger partial charge in [-0.1, -0.05) is 32.8 Å². The summed E-state index contributed by atoms with van der Waals surface area (Å²) < 4.78 is 0. The fraction of sp³-hybridized carbons (Fsp3) is 0.800. The van der Waals surface area contributed by atoms with Gasteiger partial charge in [-0.15, -0.1) is 0 Å². The van der Waals surface area contributed by atoms with Gasteiger partial charge < -0.3 is 15.0 Å². The number of allylic oxidation sites excluding steroid dienone is 1. The molecule has 4 nitrogen and oxygen atoms in total. The van der Waals surface area contributed by atoms with Crippen molar-refractivity contribution in [1.82, 2.24) is 0 Å². The van der Waals surface area contributed by atoms with E-state index in [1.165, 1.54) is 6.08 Å². The first-order chi connectivity index (χ1) is 11.1. The molecule has 6 atom stereocenters. The number of carboxylic acids is 1. The summed E-state index contributed by atoms with van der Waals surface area (Å²) in [6.07, 6.45) is 7.16. The molecule has 0 aliphatic heterocycles. The van der Waals surface area contributed by atoms with Crippen molar-refractivity contribution in [2.45, 2.75) is 72.3 Å². The highest BCUT2D eigenvalue weighted by molar-refractivity contribution is 5.80. The molecule has 136 valence electrons. The van der Waals surface area contributed by atoms with E-state index in [0.29, 0.717) is 18.3 Å². The van der Waals surface area contributed by atoms with Crippen LogP contribution in [0.15, 0.2) is 11.6 Å². The van der Waals surface area contributed by atoms with Crippen LogP contribution in [0.2, 0.25) is 0 Å². The zero-order valence-corrected chi connectivity index (χ0v) is 15.4. The maximum absolute atomic E-state index is 11.8. The fourth-order valence-electron chi connectivity index (χ4n) is 5.68. The molecule has 0 aromatic heterocycles. The number of aliphatic carboxylic acids is 1. The normalized spacial score (nSPS) is 43.1. The molecule has 0 radical (unpaired) electrons. The summed E-state index contributed by atoms with van der Waals surface area (Å²) in [4.78, 5) is 22.7. The van der Waals surface area contributed by atoms with E-state index in [0.717, 1.165) is 44.0 Å². The number of rotatable bonds is 5. The fourth-order valence-corrected chi connectivity index (χ4v) is 5.68. The Balaban J connectivity index is 2.24. The van der Waals surface area contributed by atoms with E-state index in [2.05, 4.69) is 13.8 Å². The van der Waals surface area contributed by atoms with Gasteiger partial charge in [0.15, 0.2) is 0 Å². The van der Waals surface area contributed by atoms with Crippen LogP contribution in [-0.2, 0) is 9.59 Å². The Kier molecular flexibility index (Phi) is 5.58. The van der Waals surface area contributed by atoms with Crippen molar-refractivity contribution in [3.05, 3.63) is 11.6 Å². The van der Waals surface area contributed by atoms with Crippen molar-refractivity contribution in [1.29, 1.82) is 0 Å². The largest absolute Gasteiger partial charge is 0.478 e. The Bertz CT molecular complexity index is 526. The molecule has 2 aliphatic carbocycles. The van der Waals surface area contributed by atoms with Gasteiger partial charge in [-0.2, -0.15) is 0 Å². The average Bonchev–Trinajstić information content (AvgIpc) is 2.50. The van der Waals surface area contributed by atoms with E-state index in [4.69, 9.17) is 5.11 Å². The Morgan fingerprint density at radius 3 is 2.50 bits per heavy atom. The van der Waals surface area contributed by atoms with Gasteiger partial charge in [-0.25, -0.2) is 4.79 Å². The van der Waals surface area contributed by atoms with Crippen molar-refractivity contribution in [3.63, 3.8) is 0 Å². The number of aldehydes is 1. The van der Waals surface area contributed by atoms with Gasteiger partial charge >= 0.3 is 5.97 Å². The third-order valence-corrected chi connectivity index (χ3v) is 7.14. The monoisotopic (exact) mass is 336 g/mol. The molecule has 2 rings (SSSR count). The second kappa shape index (κ2) is 6.99. The van der Waals surface area contributed by atoms with Gasteiger partial charge in [0.05, 0.1) is 11.5 Å². The smallest absolute Gasteiger partial charge is 0.328 e. The number of carboxylic acid groups (broad SMARTS) is 1. The molecule has 0 aromatic rings. The molecule has 0 aromatic carbocycles. The first-order valence-electron chi connectivity index (χ1n) is 9.19. The minimum atomic E-state index is -0.886. The van der Waals surface area contributed by atoms with Crippen LogP contribution in [0.1, 0.15) is 66.2 Å². The highest BCUT2D eigenvalue weighted by atomic mass is 16.4. The summed E-state index contributed by atoms with van der Waals surface area (Å²) in [7, 11) is 0. The third kappa shape index (κ3) is 3.30. The van der Waals surface area contributed by atoms with Crippen LogP contribution in [0.5, 0.6) is 0 Å². The summed E-state index contributed by atoms with van der Waals surface area (Å²) in [5.74, 6) is 0.342. The van der Waals surface area contributed by atoms with Crippen molar-refractivity contribution in [2.24, 2.45) is 28.6 Å². The lowest BCUT2D eigenvalue weighted by Gasteiger charge is -2.59. The minimum Gasteiger partial charge on any atom is -0.478 e. The first kappa shape index (κ1) is 19.2. The standard InChI is InChI=1S/C20H32O4/c1-13(11-18(23)24)5-7-15-14(2)6-8-16-19(15,3)10-9-17(22)20(16,4)12-21/h11-12,14-17,22H,5-10H2,1-4H3,(H,23,24)/b13-11-. The zero-order valence-electron chi connectivity index (χ0n) is 15.4. The predicted octanol–water partition coefficient (Wildman–Crippen LogP) is 3.83. The first-order valence-corrected chi connectivity index (χ1v) is 9.19. The number of carbonyl (C=O) groups excluding carboxylic acids is 1. The lowest BCUT2D eigenvalue weighted by Crippen LogP contribution is -2.57. The van der Waals surface area contributed by atoms with Gasteiger partial charge in [0.1, 0.15) is 6.29 Å². The Hall–Kier alpha value is -1.16. The molecular formula is C20H32O4. The van der Waals surface area contributed by atoms with Gasteiger partial charge in [-0.3, -0.25) is 0 Å². The quantitative estimate of drug-likeness (QED) is 0.591. The summed E-state index contributed by atoms with van der Waals surface area (Å²) in [6.45, 7) is 8.38. The zero-order chi connectivity index (χ0) is 18.1. The number of hydrogen-bond donors (Lipinski definition) is 2. The van der Waals surface area contributed by atoms with E-state index < -0.39 is 17.5 Å². The van der Waals surface area contributed by atoms with Crippen LogP contribution < -0.4 is 0 Å². The molecule has 0 amide bonds. The molecular weight excluding hydrogens is 304 g/mol. The topological polar surface area (TPSA) is 74.6 Å². The van der Waals surface area contributed by atoms with Gasteiger partial charge in [-0.05, 0) is 62.2 Å². The van der Waals surface area contributed by atoms with E-state index in [9.17, 15) is 14.7 Å². The van der Waals surface area contributed by atoms with Crippen molar-refractivity contribution >= 4 is 12.3 Å². The van der Waals surface area contributed by atoms with Crippen molar-refractivity contribution in [3.8, 4) is 0 Å². The molecule has 0 saturated heterocycles. The van der Waals surface area contributed by atoms with Crippen LogP contribution in [-0.4, -0.2) is 28.6 Å². The van der Waals surface area contributed by atoms with Gasteiger partial charge in [0.2, 0.25) is 0 Å². The molecule has 2 saturated carbocycles. The lowest BCUT2D eigenvalue weighted by atomic mass is 9.45. The molecule has 2 N–H and O–H groups in total. The second-order valence-corrected chi connectivity index (χ2v) is 8.63. The lowest BCUT2D eigenvalue weighted by molar-refractivity contribution is -0.164. The van der Waals surface area contributed by atoms with E-state index in [1.54, 1.807) is 0 Å². The van der Waals surface area contributed by atoms with Crippen LogP contribution in [0, 0.1) is 28.6 Å². The van der Waals surface area contributed by atoms with E-state index >= 15 is 0 Å². The highest BCUT2D eigenvalue weighted by Gasteiger charge is 2.58. The molecule has 2 aliphatic rings. The molecule has 2 fully saturated rings. The molecule has 6 unspecified atom stereocenters. The van der Waals surface area contributed by atoms with Gasteiger partial charge in [0, 0.05) is 6.08 Å². The molecule has 4 heteroatoms. The number of aliphatic hydroxyl groups is 1. The van der Waals surface area contributed by atoms with Crippen LogP contribution in [0.25, 0.3) is 0 Å². The van der Waals surface area contributed by atoms with E-state index in [1.807, 2.05) is 13.8 Å². The highest BCUT2D eigenvalue weighted by Crippen LogP contribution is 2.61. The van der Waals surface area contributed by atoms with Crippen LogP contribution in [0.3, 0.4) is 0 Å². The molecule has 24 heavy (non-hydrogen) atoms. The number of fused-ring (bicyclic) bond motifs is 1. The number of aliphatic hydroxyl groups excluding tert-OH is 1. The van der Waals surface area contributed by atoms with Crippen LogP contribution in [0.4, 0.5) is 0 Å². The summed E-state index contributed by atoms with van der Waals surface area (Å²) in [5, 5.41) is 19.3. The Morgan fingerprint density at radius 2 is 1.92 bits per heavy atom. The summed E-state index contributed by atoms with van der Waals surface area (Å²) in [5.41, 5.74) is 0.280. The van der Waals surface area contributed by atoms with Crippen LogP contribution >= 0.6 is 0 Å². The number of hydrogen-bond acceptors (Lipinski definition) is 3. The predicted molar refractivity (Wildman–Crippen MR) is 93.5 cm³/mol. The number of carbonyl (C=O) groups is 2. The second-order valence-electron chi connectivity index (χ2n) is 8.63. The van der Waals surface area contributed by atoms with Gasteiger partial charge in [0.25, 0.3) is 0 Å². The molecule has 0 heterocycles. The molecule has 0 spiro atoms. The van der Waals surface area contributed by atoms with Crippen molar-refractivity contribution in [2.75, 3.05) is 0 Å². The van der Waals surface area contributed by atoms with E-state index in [-0.39, 0.29) is 11.3 Å². The SMILES string of the molecule is C/C(=C/C(=O)O)CCC1C(C)CCC2C(C)(C=O)C(O)CCC12C. The van der Waals surface area contributed by atoms with Crippen molar-refractivity contribution < 1.29 is 19.8 Å². The summed E-state index contributed by atoms with van der Waals surface area (Å²) in [6, 6.07) is 0. The maximum atomic E-state index is 11.8. The maximum Gasteiger partial charge on any atom is 0.328 e. The Labute approximate surface area is 145 Å². The average molecular weight is 336 g/mol. The Morgan fingerprint density at radius 1 is 1.25 bits per heavy atom.